The Kier molecular flexibility index (Phi) is 4.91. The third-order valence-corrected chi connectivity index (χ3v) is 5.29. The van der Waals surface area contributed by atoms with E-state index in [2.05, 4.69) is 31.0 Å². The molecule has 1 aliphatic carbocycles. The molecule has 3 heteroatoms. The van der Waals surface area contributed by atoms with Gasteiger partial charge in [-0.1, -0.05) is 20.8 Å². The number of hydrogen-bond donors (Lipinski definition) is 2. The molecule has 112 valence electrons. The first-order valence-electron chi connectivity index (χ1n) is 8.11. The molecule has 2 rings (SSSR count). The van der Waals surface area contributed by atoms with E-state index in [1.54, 1.807) is 0 Å². The molecule has 1 heterocycles. The Hall–Kier alpha value is -0.120. The van der Waals surface area contributed by atoms with Gasteiger partial charge in [-0.25, -0.2) is 0 Å². The summed E-state index contributed by atoms with van der Waals surface area (Å²) in [5, 5.41) is 14.3. The molecule has 0 aromatic rings. The van der Waals surface area contributed by atoms with Gasteiger partial charge < -0.3 is 15.3 Å². The highest BCUT2D eigenvalue weighted by atomic mass is 16.3. The fraction of sp³-hybridized carbons (Fsp3) is 1.00. The van der Waals surface area contributed by atoms with Gasteiger partial charge in [0.25, 0.3) is 0 Å². The lowest BCUT2D eigenvalue weighted by atomic mass is 9.71. The van der Waals surface area contributed by atoms with Crippen LogP contribution in [0.1, 0.15) is 59.3 Å². The van der Waals surface area contributed by atoms with Crippen LogP contribution in [0, 0.1) is 5.41 Å². The van der Waals surface area contributed by atoms with E-state index < -0.39 is 5.60 Å². The van der Waals surface area contributed by atoms with E-state index in [1.807, 2.05) is 0 Å². The summed E-state index contributed by atoms with van der Waals surface area (Å²) in [6, 6.07) is 0.613. The molecule has 0 aromatic heterocycles. The van der Waals surface area contributed by atoms with Gasteiger partial charge in [0, 0.05) is 12.6 Å². The van der Waals surface area contributed by atoms with Crippen LogP contribution in [-0.4, -0.2) is 47.8 Å². The van der Waals surface area contributed by atoms with Gasteiger partial charge in [-0.15, -0.1) is 0 Å². The highest BCUT2D eigenvalue weighted by molar-refractivity contribution is 4.91. The summed E-state index contributed by atoms with van der Waals surface area (Å²) in [4.78, 5) is 2.51. The molecule has 0 radical (unpaired) electrons. The van der Waals surface area contributed by atoms with Crippen LogP contribution in [0.25, 0.3) is 0 Å². The smallest absolute Gasteiger partial charge is 0.0772 e. The third kappa shape index (κ3) is 4.44. The van der Waals surface area contributed by atoms with E-state index in [-0.39, 0.29) is 0 Å². The first-order valence-corrected chi connectivity index (χ1v) is 8.11. The molecule has 0 atom stereocenters. The minimum atomic E-state index is -0.447. The second-order valence-corrected chi connectivity index (χ2v) is 7.48. The Morgan fingerprint density at radius 2 is 1.68 bits per heavy atom. The van der Waals surface area contributed by atoms with E-state index >= 15 is 0 Å². The molecule has 19 heavy (non-hydrogen) atoms. The maximum absolute atomic E-state index is 10.7. The van der Waals surface area contributed by atoms with Gasteiger partial charge in [0.1, 0.15) is 0 Å². The van der Waals surface area contributed by atoms with E-state index in [0.717, 1.165) is 32.2 Å². The molecule has 1 saturated heterocycles. The Bertz CT molecular complexity index is 272. The second-order valence-electron chi connectivity index (χ2n) is 7.48. The van der Waals surface area contributed by atoms with Crippen LogP contribution in [0.3, 0.4) is 0 Å². The quantitative estimate of drug-likeness (QED) is 0.822. The molecule has 3 nitrogen and oxygen atoms in total. The van der Waals surface area contributed by atoms with Crippen LogP contribution in [0.4, 0.5) is 0 Å². The lowest BCUT2D eigenvalue weighted by molar-refractivity contribution is -0.0273. The number of aliphatic hydroxyl groups is 1. The van der Waals surface area contributed by atoms with Crippen LogP contribution in [0.15, 0.2) is 0 Å². The van der Waals surface area contributed by atoms with Crippen molar-refractivity contribution in [2.75, 3.05) is 26.2 Å². The van der Waals surface area contributed by atoms with Crippen molar-refractivity contribution in [1.82, 2.24) is 10.2 Å². The lowest BCUT2D eigenvalue weighted by Crippen LogP contribution is -2.50. The standard InChI is InChI=1S/C16H32N2O/c1-4-18-11-5-14(6-12-18)17-13-16(19)9-7-15(2,3)8-10-16/h14,17,19H,4-13H2,1-3H3. The zero-order chi connectivity index (χ0) is 13.9. The molecule has 0 unspecified atom stereocenters. The molecule has 2 N–H and O–H groups in total. The minimum absolute atomic E-state index is 0.429. The van der Waals surface area contributed by atoms with Crippen molar-refractivity contribution in [2.24, 2.45) is 5.41 Å². The van der Waals surface area contributed by atoms with Crippen molar-refractivity contribution in [2.45, 2.75) is 70.9 Å². The number of piperidine rings is 1. The van der Waals surface area contributed by atoms with Crippen LogP contribution < -0.4 is 5.32 Å². The van der Waals surface area contributed by atoms with Crippen LogP contribution in [0.5, 0.6) is 0 Å². The predicted octanol–water partition coefficient (Wildman–Crippen LogP) is 2.39. The van der Waals surface area contributed by atoms with Crippen LogP contribution in [-0.2, 0) is 0 Å². The number of hydrogen-bond acceptors (Lipinski definition) is 3. The fourth-order valence-electron chi connectivity index (χ4n) is 3.36. The summed E-state index contributed by atoms with van der Waals surface area (Å²) in [7, 11) is 0. The molecule has 0 spiro atoms. The van der Waals surface area contributed by atoms with Crippen molar-refractivity contribution >= 4 is 0 Å². The summed E-state index contributed by atoms with van der Waals surface area (Å²) in [6.45, 7) is 11.3. The molecule has 0 amide bonds. The van der Waals surface area contributed by atoms with Gasteiger partial charge in [0.15, 0.2) is 0 Å². The molecule has 0 bridgehead atoms. The fourth-order valence-corrected chi connectivity index (χ4v) is 3.36. The maximum Gasteiger partial charge on any atom is 0.0772 e. The molecular weight excluding hydrogens is 236 g/mol. The predicted molar refractivity (Wildman–Crippen MR) is 80.3 cm³/mol. The zero-order valence-corrected chi connectivity index (χ0v) is 13.0. The number of likely N-dealkylation sites (tertiary alicyclic amines) is 1. The van der Waals surface area contributed by atoms with Crippen molar-refractivity contribution in [3.8, 4) is 0 Å². The molecule has 2 fully saturated rings. The number of nitrogens with zero attached hydrogens (tertiary/aromatic N) is 1. The first-order chi connectivity index (χ1) is 8.92. The lowest BCUT2D eigenvalue weighted by Gasteiger charge is -2.41. The Balaban J connectivity index is 1.71. The number of rotatable bonds is 4. The average Bonchev–Trinajstić information content (AvgIpc) is 2.41. The second kappa shape index (κ2) is 6.11. The van der Waals surface area contributed by atoms with Gasteiger partial charge in [0.05, 0.1) is 5.60 Å². The van der Waals surface area contributed by atoms with Crippen molar-refractivity contribution in [3.05, 3.63) is 0 Å². The third-order valence-electron chi connectivity index (χ3n) is 5.29. The Morgan fingerprint density at radius 3 is 2.21 bits per heavy atom. The number of nitrogens with one attached hydrogen (secondary N) is 1. The average molecular weight is 268 g/mol. The topological polar surface area (TPSA) is 35.5 Å². The molecule has 1 aliphatic heterocycles. The summed E-state index contributed by atoms with van der Waals surface area (Å²) in [6.07, 6.45) is 6.69. The summed E-state index contributed by atoms with van der Waals surface area (Å²) in [5.41, 5.74) is -0.0178. The molecule has 1 saturated carbocycles. The van der Waals surface area contributed by atoms with Gasteiger partial charge in [0.2, 0.25) is 0 Å². The molecular formula is C16H32N2O. The Morgan fingerprint density at radius 1 is 1.11 bits per heavy atom. The summed E-state index contributed by atoms with van der Waals surface area (Å²) in [5.74, 6) is 0. The highest BCUT2D eigenvalue weighted by Crippen LogP contribution is 2.39. The van der Waals surface area contributed by atoms with Gasteiger partial charge >= 0.3 is 0 Å². The van der Waals surface area contributed by atoms with Crippen LogP contribution in [0.2, 0.25) is 0 Å². The monoisotopic (exact) mass is 268 g/mol. The highest BCUT2D eigenvalue weighted by Gasteiger charge is 2.36. The summed E-state index contributed by atoms with van der Waals surface area (Å²) >= 11 is 0. The minimum Gasteiger partial charge on any atom is -0.389 e. The molecule has 0 aromatic carbocycles. The molecule has 2 aliphatic rings. The Labute approximate surface area is 118 Å². The normalized spacial score (nSPS) is 28.4. The first kappa shape index (κ1) is 15.3. The van der Waals surface area contributed by atoms with Crippen LogP contribution >= 0.6 is 0 Å². The largest absolute Gasteiger partial charge is 0.389 e. The summed E-state index contributed by atoms with van der Waals surface area (Å²) < 4.78 is 0. The van der Waals surface area contributed by atoms with Crippen molar-refractivity contribution in [3.63, 3.8) is 0 Å². The van der Waals surface area contributed by atoms with E-state index in [9.17, 15) is 5.11 Å². The van der Waals surface area contributed by atoms with Gasteiger partial charge in [-0.2, -0.15) is 0 Å². The maximum atomic E-state index is 10.7. The van der Waals surface area contributed by atoms with Gasteiger partial charge in [-0.3, -0.25) is 0 Å². The SMILES string of the molecule is CCN1CCC(NCC2(O)CCC(C)(C)CC2)CC1. The zero-order valence-electron chi connectivity index (χ0n) is 13.0. The van der Waals surface area contributed by atoms with E-state index in [4.69, 9.17) is 0 Å². The van der Waals surface area contributed by atoms with Crippen molar-refractivity contribution < 1.29 is 5.11 Å². The van der Waals surface area contributed by atoms with E-state index in [0.29, 0.717) is 11.5 Å². The van der Waals surface area contributed by atoms with E-state index in [1.165, 1.54) is 32.5 Å². The van der Waals surface area contributed by atoms with Crippen molar-refractivity contribution in [1.29, 1.82) is 0 Å². The van der Waals surface area contributed by atoms with Gasteiger partial charge in [-0.05, 0) is 63.6 Å².